The zero-order valence-electron chi connectivity index (χ0n) is 10.5. The summed E-state index contributed by atoms with van der Waals surface area (Å²) in [7, 11) is -3.99. The number of carbonyl (C=O) groups excluding carboxylic acids is 1. The fraction of sp³-hybridized carbons (Fsp3) is 0.417. The van der Waals surface area contributed by atoms with Crippen LogP contribution in [0.5, 0.6) is 0 Å². The van der Waals surface area contributed by atoms with Crippen LogP contribution in [0.2, 0.25) is 5.02 Å². The molecule has 2 rings (SSSR count). The molecule has 0 saturated heterocycles. The summed E-state index contributed by atoms with van der Waals surface area (Å²) in [5.41, 5.74) is 5.24. The van der Waals surface area contributed by atoms with E-state index in [-0.39, 0.29) is 9.92 Å². The van der Waals surface area contributed by atoms with Gasteiger partial charge in [-0.3, -0.25) is 4.79 Å². The third kappa shape index (κ3) is 3.11. The molecule has 1 amide bonds. The van der Waals surface area contributed by atoms with Crippen molar-refractivity contribution in [3.8, 4) is 0 Å². The Balaban J connectivity index is 2.27. The van der Waals surface area contributed by atoms with Gasteiger partial charge in [0.2, 0.25) is 15.9 Å². The molecule has 0 aliphatic heterocycles. The summed E-state index contributed by atoms with van der Waals surface area (Å²) in [4.78, 5) is 10.9. The van der Waals surface area contributed by atoms with Crippen LogP contribution in [0.25, 0.3) is 0 Å². The molecule has 0 heterocycles. The average molecular weight is 321 g/mol. The Morgan fingerprint density at radius 3 is 2.75 bits per heavy atom. The van der Waals surface area contributed by atoms with E-state index in [1.54, 1.807) is 0 Å². The van der Waals surface area contributed by atoms with E-state index in [4.69, 9.17) is 17.3 Å². The van der Waals surface area contributed by atoms with Gasteiger partial charge in [0.05, 0.1) is 10.9 Å². The summed E-state index contributed by atoms with van der Waals surface area (Å²) < 4.78 is 40.0. The van der Waals surface area contributed by atoms with Crippen molar-refractivity contribution in [1.29, 1.82) is 0 Å². The second-order valence-corrected chi connectivity index (χ2v) is 6.83. The smallest absolute Gasteiger partial charge is 0.242 e. The van der Waals surface area contributed by atoms with E-state index < -0.39 is 33.7 Å². The van der Waals surface area contributed by atoms with Crippen LogP contribution < -0.4 is 10.5 Å². The van der Waals surface area contributed by atoms with Gasteiger partial charge in [-0.2, -0.15) is 0 Å². The average Bonchev–Trinajstić information content (AvgIpc) is 2.79. The normalized spacial score (nSPS) is 22.9. The Bertz CT molecular complexity index is 636. The highest BCUT2D eigenvalue weighted by atomic mass is 35.5. The Labute approximate surface area is 121 Å². The van der Waals surface area contributed by atoms with E-state index in [0.717, 1.165) is 12.1 Å². The van der Waals surface area contributed by atoms with Crippen LogP contribution in [0.15, 0.2) is 23.1 Å². The van der Waals surface area contributed by atoms with Crippen molar-refractivity contribution in [1.82, 2.24) is 4.72 Å². The minimum absolute atomic E-state index is 0.0764. The highest BCUT2D eigenvalue weighted by molar-refractivity contribution is 7.89. The number of hydrogen-bond donors (Lipinski definition) is 2. The highest BCUT2D eigenvalue weighted by Gasteiger charge is 2.35. The largest absolute Gasteiger partial charge is 0.369 e. The molecular weight excluding hydrogens is 307 g/mol. The number of halogens is 2. The van der Waals surface area contributed by atoms with Gasteiger partial charge in [-0.25, -0.2) is 17.5 Å². The van der Waals surface area contributed by atoms with E-state index >= 15 is 0 Å². The van der Waals surface area contributed by atoms with Crippen molar-refractivity contribution in [2.45, 2.75) is 30.2 Å². The summed E-state index contributed by atoms with van der Waals surface area (Å²) >= 11 is 5.79. The van der Waals surface area contributed by atoms with E-state index in [1.807, 2.05) is 0 Å². The van der Waals surface area contributed by atoms with Crippen molar-refractivity contribution in [3.05, 3.63) is 29.0 Å². The van der Waals surface area contributed by atoms with E-state index in [2.05, 4.69) is 4.72 Å². The van der Waals surface area contributed by atoms with Gasteiger partial charge in [0.1, 0.15) is 10.7 Å². The first-order valence-electron chi connectivity index (χ1n) is 6.08. The zero-order valence-corrected chi connectivity index (χ0v) is 12.0. The maximum absolute atomic E-state index is 13.2. The number of nitrogens with one attached hydrogen (secondary N) is 1. The lowest BCUT2D eigenvalue weighted by Crippen LogP contribution is -2.42. The van der Waals surface area contributed by atoms with Gasteiger partial charge in [0.25, 0.3) is 0 Å². The zero-order chi connectivity index (χ0) is 14.9. The molecule has 5 nitrogen and oxygen atoms in total. The number of primary amides is 1. The Kier molecular flexibility index (Phi) is 4.31. The molecule has 0 unspecified atom stereocenters. The van der Waals surface area contributed by atoms with Crippen LogP contribution >= 0.6 is 11.6 Å². The lowest BCUT2D eigenvalue weighted by molar-refractivity contribution is -0.122. The standard InChI is InChI=1S/C12H14ClFN2O3S/c13-9-5-4-7(14)6-11(9)20(18,19)16-10-3-1-2-8(10)12(15)17/h4-6,8,10,16H,1-3H2,(H2,15,17)/t8-,10+/m1/s1. The van der Waals surface area contributed by atoms with Crippen molar-refractivity contribution < 1.29 is 17.6 Å². The first-order valence-corrected chi connectivity index (χ1v) is 7.94. The number of rotatable bonds is 4. The van der Waals surface area contributed by atoms with Gasteiger partial charge >= 0.3 is 0 Å². The van der Waals surface area contributed by atoms with Crippen LogP contribution in [0.1, 0.15) is 19.3 Å². The minimum Gasteiger partial charge on any atom is -0.369 e. The molecule has 3 N–H and O–H groups in total. The molecule has 1 saturated carbocycles. The second-order valence-electron chi connectivity index (χ2n) is 4.74. The van der Waals surface area contributed by atoms with Crippen LogP contribution in [0.4, 0.5) is 4.39 Å². The molecule has 110 valence electrons. The Hall–Kier alpha value is -1.18. The highest BCUT2D eigenvalue weighted by Crippen LogP contribution is 2.28. The predicted octanol–water partition coefficient (Wildman–Crippen LogP) is 1.41. The summed E-state index contributed by atoms with van der Waals surface area (Å²) in [5, 5.41) is -0.0764. The van der Waals surface area contributed by atoms with Crippen molar-refractivity contribution in [2.75, 3.05) is 0 Å². The molecule has 1 aliphatic rings. The third-order valence-corrected chi connectivity index (χ3v) is 5.34. The summed E-state index contributed by atoms with van der Waals surface area (Å²) in [6.07, 6.45) is 1.76. The lowest BCUT2D eigenvalue weighted by Gasteiger charge is -2.18. The van der Waals surface area contributed by atoms with Crippen molar-refractivity contribution in [3.63, 3.8) is 0 Å². The molecule has 2 atom stereocenters. The number of sulfonamides is 1. The summed E-state index contributed by atoms with van der Waals surface area (Å²) in [6, 6.07) is 2.52. The maximum atomic E-state index is 13.2. The van der Waals surface area contributed by atoms with Gasteiger partial charge in [-0.15, -0.1) is 0 Å². The second kappa shape index (κ2) is 5.67. The molecule has 0 bridgehead atoms. The van der Waals surface area contributed by atoms with E-state index in [0.29, 0.717) is 19.3 Å². The van der Waals surface area contributed by atoms with E-state index in [9.17, 15) is 17.6 Å². The molecule has 1 aromatic rings. The molecule has 1 aromatic carbocycles. The van der Waals surface area contributed by atoms with Crippen LogP contribution in [0.3, 0.4) is 0 Å². The fourth-order valence-corrected chi connectivity index (χ4v) is 4.21. The van der Waals surface area contributed by atoms with Gasteiger partial charge < -0.3 is 5.73 Å². The Morgan fingerprint density at radius 1 is 1.40 bits per heavy atom. The van der Waals surface area contributed by atoms with Gasteiger partial charge in [0, 0.05) is 6.04 Å². The van der Waals surface area contributed by atoms with Gasteiger partial charge in [-0.05, 0) is 31.0 Å². The number of hydrogen-bond acceptors (Lipinski definition) is 3. The molecule has 1 aliphatic carbocycles. The minimum atomic E-state index is -3.99. The third-order valence-electron chi connectivity index (χ3n) is 3.37. The predicted molar refractivity (Wildman–Crippen MR) is 72.1 cm³/mol. The van der Waals surface area contributed by atoms with Crippen molar-refractivity contribution in [2.24, 2.45) is 11.7 Å². The summed E-state index contributed by atoms with van der Waals surface area (Å²) in [5.74, 6) is -1.79. The topological polar surface area (TPSA) is 89.3 Å². The first kappa shape index (κ1) is 15.2. The number of carbonyl (C=O) groups is 1. The molecule has 20 heavy (non-hydrogen) atoms. The summed E-state index contributed by atoms with van der Waals surface area (Å²) in [6.45, 7) is 0. The molecule has 0 aromatic heterocycles. The van der Waals surface area contributed by atoms with Gasteiger partial charge in [0.15, 0.2) is 0 Å². The molecule has 0 spiro atoms. The van der Waals surface area contributed by atoms with E-state index in [1.165, 1.54) is 6.07 Å². The van der Waals surface area contributed by atoms with Crippen molar-refractivity contribution >= 4 is 27.5 Å². The molecule has 0 radical (unpaired) electrons. The quantitative estimate of drug-likeness (QED) is 0.879. The molecule has 1 fully saturated rings. The lowest BCUT2D eigenvalue weighted by atomic mass is 10.0. The molecular formula is C12H14ClFN2O3S. The number of nitrogens with two attached hydrogens (primary N) is 1. The SMILES string of the molecule is NC(=O)[C@@H]1CCC[C@@H]1NS(=O)(=O)c1cc(F)ccc1Cl. The van der Waals surface area contributed by atoms with Crippen LogP contribution in [-0.2, 0) is 14.8 Å². The van der Waals surface area contributed by atoms with Crippen LogP contribution in [0, 0.1) is 11.7 Å². The monoisotopic (exact) mass is 320 g/mol. The number of amides is 1. The fourth-order valence-electron chi connectivity index (χ4n) is 2.39. The maximum Gasteiger partial charge on any atom is 0.242 e. The molecule has 8 heteroatoms. The number of benzene rings is 1. The first-order chi connectivity index (χ1) is 9.31. The van der Waals surface area contributed by atoms with Gasteiger partial charge in [-0.1, -0.05) is 18.0 Å². The van der Waals surface area contributed by atoms with Crippen LogP contribution in [-0.4, -0.2) is 20.4 Å². The Morgan fingerprint density at radius 2 is 2.10 bits per heavy atom.